The molecule has 32 heavy (non-hydrogen) atoms. The Hall–Kier alpha value is -2.83. The fourth-order valence-corrected chi connectivity index (χ4v) is 4.31. The lowest BCUT2D eigenvalue weighted by Crippen LogP contribution is -2.50. The molecule has 1 saturated carbocycles. The van der Waals surface area contributed by atoms with E-state index in [0.717, 1.165) is 37.8 Å². The number of nitrogens with one attached hydrogen (secondary N) is 1. The van der Waals surface area contributed by atoms with Gasteiger partial charge in [0, 0.05) is 31.5 Å². The first-order valence-corrected chi connectivity index (χ1v) is 11.5. The molecular formula is C25H35FN4O2. The number of aryl methyl sites for hydroxylation is 1. The van der Waals surface area contributed by atoms with Crippen LogP contribution in [0.25, 0.3) is 0 Å². The van der Waals surface area contributed by atoms with Crippen molar-refractivity contribution in [2.45, 2.75) is 58.5 Å². The van der Waals surface area contributed by atoms with Crippen molar-refractivity contribution in [3.8, 4) is 0 Å². The minimum absolute atomic E-state index is 0.0118. The van der Waals surface area contributed by atoms with Gasteiger partial charge < -0.3 is 19.7 Å². The number of carbonyl (C=O) groups is 2. The van der Waals surface area contributed by atoms with Crippen molar-refractivity contribution >= 4 is 17.6 Å². The highest BCUT2D eigenvalue weighted by Crippen LogP contribution is 2.24. The third kappa shape index (κ3) is 6.34. The molecular weight excluding hydrogens is 407 g/mol. The maximum atomic E-state index is 14.1. The van der Waals surface area contributed by atoms with Gasteiger partial charge in [0.2, 0.25) is 5.91 Å². The molecule has 0 aliphatic heterocycles. The molecule has 3 rings (SSSR count). The molecule has 7 heteroatoms. The first kappa shape index (κ1) is 23.8. The average Bonchev–Trinajstić information content (AvgIpc) is 3.17. The Morgan fingerprint density at radius 1 is 1.12 bits per heavy atom. The number of anilines is 1. The van der Waals surface area contributed by atoms with E-state index in [2.05, 4.69) is 19.2 Å². The van der Waals surface area contributed by atoms with Gasteiger partial charge in [-0.15, -0.1) is 0 Å². The lowest BCUT2D eigenvalue weighted by molar-refractivity contribution is -0.133. The van der Waals surface area contributed by atoms with Gasteiger partial charge in [-0.05, 0) is 43.0 Å². The molecule has 0 bridgehead atoms. The summed E-state index contributed by atoms with van der Waals surface area (Å²) in [5.41, 5.74) is 1.17. The Morgan fingerprint density at radius 3 is 2.47 bits per heavy atom. The van der Waals surface area contributed by atoms with Gasteiger partial charge in [-0.3, -0.25) is 4.79 Å². The van der Waals surface area contributed by atoms with Crippen molar-refractivity contribution in [1.29, 1.82) is 0 Å². The highest BCUT2D eigenvalue weighted by Gasteiger charge is 2.30. The predicted octanol–water partition coefficient (Wildman–Crippen LogP) is 5.02. The number of benzene rings is 1. The molecule has 2 aromatic rings. The van der Waals surface area contributed by atoms with Crippen LogP contribution in [0.1, 0.15) is 51.6 Å². The number of hydrogen-bond acceptors (Lipinski definition) is 2. The number of para-hydroxylation sites is 1. The summed E-state index contributed by atoms with van der Waals surface area (Å²) in [6.45, 7) is 5.25. The second kappa shape index (κ2) is 11.2. The van der Waals surface area contributed by atoms with Crippen molar-refractivity contribution in [2.75, 3.05) is 18.4 Å². The Morgan fingerprint density at radius 2 is 1.84 bits per heavy atom. The Balaban J connectivity index is 1.78. The minimum atomic E-state index is -0.485. The zero-order valence-electron chi connectivity index (χ0n) is 19.4. The summed E-state index contributed by atoms with van der Waals surface area (Å²) in [6, 6.07) is 9.65. The van der Waals surface area contributed by atoms with E-state index in [-0.39, 0.29) is 24.2 Å². The fraction of sp³-hybridized carbons (Fsp3) is 0.520. The molecule has 174 valence electrons. The van der Waals surface area contributed by atoms with Gasteiger partial charge in [0.05, 0.1) is 12.2 Å². The quantitative estimate of drug-likeness (QED) is 0.624. The summed E-state index contributed by atoms with van der Waals surface area (Å²) in [4.78, 5) is 30.0. The normalized spacial score (nSPS) is 14.4. The lowest BCUT2D eigenvalue weighted by Gasteiger charge is -2.35. The summed E-state index contributed by atoms with van der Waals surface area (Å²) in [6.07, 6.45) is 6.88. The third-order valence-electron chi connectivity index (χ3n) is 6.04. The third-order valence-corrected chi connectivity index (χ3v) is 6.04. The van der Waals surface area contributed by atoms with Crippen LogP contribution >= 0.6 is 0 Å². The molecule has 1 aliphatic carbocycles. The van der Waals surface area contributed by atoms with Gasteiger partial charge in [0.15, 0.2) is 0 Å². The highest BCUT2D eigenvalue weighted by atomic mass is 19.1. The van der Waals surface area contributed by atoms with E-state index in [1.54, 1.807) is 17.0 Å². The van der Waals surface area contributed by atoms with Crippen molar-refractivity contribution in [3.63, 3.8) is 0 Å². The maximum absolute atomic E-state index is 14.1. The number of halogens is 1. The lowest BCUT2D eigenvalue weighted by atomic mass is 9.94. The van der Waals surface area contributed by atoms with Crippen molar-refractivity contribution in [2.24, 2.45) is 13.0 Å². The monoisotopic (exact) mass is 442 g/mol. The maximum Gasteiger partial charge on any atom is 0.322 e. The number of nitrogens with zero attached hydrogens (tertiary/aromatic N) is 3. The fourth-order valence-electron chi connectivity index (χ4n) is 4.31. The van der Waals surface area contributed by atoms with E-state index in [4.69, 9.17) is 0 Å². The second-order valence-electron chi connectivity index (χ2n) is 9.11. The molecule has 1 aliphatic rings. The molecule has 1 fully saturated rings. The van der Waals surface area contributed by atoms with Crippen LogP contribution in [-0.4, -0.2) is 45.4 Å². The SMILES string of the molecule is CC(C)CN(Cc1cccn1C)C(=O)CN(C(=O)Nc1ccccc1F)C1CCCCC1. The Labute approximate surface area is 190 Å². The Bertz CT molecular complexity index is 905. The van der Waals surface area contributed by atoms with E-state index in [1.807, 2.05) is 34.8 Å². The summed E-state index contributed by atoms with van der Waals surface area (Å²) in [5.74, 6) is -0.273. The van der Waals surface area contributed by atoms with E-state index in [1.165, 1.54) is 12.1 Å². The standard InChI is InChI=1S/C25H35FN4O2/c1-19(2)16-29(17-21-12-9-15-28(21)3)24(31)18-30(20-10-5-4-6-11-20)25(32)27-23-14-8-7-13-22(23)26/h7-9,12-15,19-20H,4-6,10-11,16-18H2,1-3H3,(H,27,32). The first-order valence-electron chi connectivity index (χ1n) is 11.5. The van der Waals surface area contributed by atoms with Crippen LogP contribution in [0.4, 0.5) is 14.9 Å². The molecule has 1 N–H and O–H groups in total. The van der Waals surface area contributed by atoms with Crippen molar-refractivity contribution < 1.29 is 14.0 Å². The molecule has 0 atom stereocenters. The molecule has 0 saturated heterocycles. The number of rotatable bonds is 8. The number of carbonyl (C=O) groups excluding carboxylic acids is 2. The number of hydrogen-bond donors (Lipinski definition) is 1. The summed E-state index contributed by atoms with van der Waals surface area (Å²) in [5, 5.41) is 2.68. The molecule has 0 spiro atoms. The van der Waals surface area contributed by atoms with E-state index >= 15 is 0 Å². The average molecular weight is 443 g/mol. The zero-order valence-corrected chi connectivity index (χ0v) is 19.4. The zero-order chi connectivity index (χ0) is 23.1. The molecule has 1 aromatic heterocycles. The summed E-state index contributed by atoms with van der Waals surface area (Å²) >= 11 is 0. The van der Waals surface area contributed by atoms with Gasteiger partial charge in [-0.1, -0.05) is 45.2 Å². The van der Waals surface area contributed by atoms with Crippen LogP contribution in [0.5, 0.6) is 0 Å². The van der Waals surface area contributed by atoms with Gasteiger partial charge in [0.1, 0.15) is 12.4 Å². The van der Waals surface area contributed by atoms with Crippen LogP contribution in [0.15, 0.2) is 42.6 Å². The second-order valence-corrected chi connectivity index (χ2v) is 9.11. The van der Waals surface area contributed by atoms with E-state index in [0.29, 0.717) is 19.0 Å². The van der Waals surface area contributed by atoms with Crippen LogP contribution in [0.2, 0.25) is 0 Å². The van der Waals surface area contributed by atoms with Crippen molar-refractivity contribution in [3.05, 3.63) is 54.1 Å². The van der Waals surface area contributed by atoms with Gasteiger partial charge in [-0.2, -0.15) is 0 Å². The molecule has 0 unspecified atom stereocenters. The summed E-state index contributed by atoms with van der Waals surface area (Å²) < 4.78 is 16.1. The van der Waals surface area contributed by atoms with Crippen LogP contribution in [0, 0.1) is 11.7 Å². The van der Waals surface area contributed by atoms with E-state index < -0.39 is 11.8 Å². The smallest absolute Gasteiger partial charge is 0.322 e. The minimum Gasteiger partial charge on any atom is -0.353 e. The highest BCUT2D eigenvalue weighted by molar-refractivity contribution is 5.92. The molecule has 6 nitrogen and oxygen atoms in total. The predicted molar refractivity (Wildman–Crippen MR) is 125 cm³/mol. The topological polar surface area (TPSA) is 57.6 Å². The van der Waals surface area contributed by atoms with Crippen molar-refractivity contribution in [1.82, 2.24) is 14.4 Å². The van der Waals surface area contributed by atoms with Gasteiger partial charge in [-0.25, -0.2) is 9.18 Å². The number of amides is 3. The first-order chi connectivity index (χ1) is 15.3. The molecule has 3 amide bonds. The molecule has 1 heterocycles. The van der Waals surface area contributed by atoms with Gasteiger partial charge >= 0.3 is 6.03 Å². The molecule has 0 radical (unpaired) electrons. The van der Waals surface area contributed by atoms with E-state index in [9.17, 15) is 14.0 Å². The Kier molecular flexibility index (Phi) is 8.31. The van der Waals surface area contributed by atoms with Crippen LogP contribution < -0.4 is 5.32 Å². The molecule has 1 aromatic carbocycles. The number of aromatic nitrogens is 1. The van der Waals surface area contributed by atoms with Crippen LogP contribution in [-0.2, 0) is 18.4 Å². The summed E-state index contributed by atoms with van der Waals surface area (Å²) in [7, 11) is 1.96. The van der Waals surface area contributed by atoms with Gasteiger partial charge in [0.25, 0.3) is 0 Å². The van der Waals surface area contributed by atoms with Crippen LogP contribution in [0.3, 0.4) is 0 Å². The number of urea groups is 1. The largest absolute Gasteiger partial charge is 0.353 e.